The van der Waals surface area contributed by atoms with E-state index in [9.17, 15) is 19.1 Å². The largest absolute Gasteiger partial charge is 0.458 e. The highest BCUT2D eigenvalue weighted by Gasteiger charge is 2.29. The summed E-state index contributed by atoms with van der Waals surface area (Å²) in [5, 5.41) is 16.1. The minimum Gasteiger partial charge on any atom is -0.458 e. The van der Waals surface area contributed by atoms with Crippen LogP contribution in [0.15, 0.2) is 52.9 Å². The van der Waals surface area contributed by atoms with Crippen LogP contribution in [0.25, 0.3) is 11.0 Å². The third kappa shape index (κ3) is 4.15. The predicted molar refractivity (Wildman–Crippen MR) is 98.6 cm³/mol. The van der Waals surface area contributed by atoms with Crippen LogP contribution in [0.2, 0.25) is 0 Å². The van der Waals surface area contributed by atoms with Crippen molar-refractivity contribution in [1.29, 1.82) is 0 Å². The molecule has 6 nitrogen and oxygen atoms in total. The molecule has 2 amide bonds. The molecule has 1 heterocycles. The molecule has 0 aliphatic carbocycles. The summed E-state index contributed by atoms with van der Waals surface area (Å²) in [4.78, 5) is 23.9. The number of carbonyl (C=O) groups is 2. The molecular weight excluding hydrogens is 351 g/mol. The topological polar surface area (TPSA) is 91.6 Å². The molecule has 7 heteroatoms. The monoisotopic (exact) mass is 370 g/mol. The van der Waals surface area contributed by atoms with Crippen LogP contribution in [0, 0.1) is 12.7 Å². The van der Waals surface area contributed by atoms with Gasteiger partial charge in [-0.3, -0.25) is 9.59 Å². The molecule has 3 N–H and O–H groups in total. The number of nitrogens with one attached hydrogen (secondary N) is 2. The van der Waals surface area contributed by atoms with Crippen LogP contribution in [-0.4, -0.2) is 23.5 Å². The molecule has 1 aromatic heterocycles. The maximum Gasteiger partial charge on any atom is 0.313 e. The molecule has 1 atom stereocenters. The molecule has 0 spiro atoms. The minimum atomic E-state index is -1.51. The van der Waals surface area contributed by atoms with Gasteiger partial charge in [0, 0.05) is 11.1 Å². The van der Waals surface area contributed by atoms with E-state index in [-0.39, 0.29) is 18.0 Å². The van der Waals surface area contributed by atoms with Gasteiger partial charge in [0.2, 0.25) is 0 Å². The fraction of sp³-hybridized carbons (Fsp3) is 0.200. The van der Waals surface area contributed by atoms with Crippen LogP contribution in [0.1, 0.15) is 18.2 Å². The van der Waals surface area contributed by atoms with Crippen molar-refractivity contribution in [2.45, 2.75) is 19.4 Å². The number of anilines is 1. The number of fused-ring (bicyclic) bond motifs is 1. The van der Waals surface area contributed by atoms with E-state index < -0.39 is 23.2 Å². The van der Waals surface area contributed by atoms with E-state index in [2.05, 4.69) is 10.6 Å². The summed E-state index contributed by atoms with van der Waals surface area (Å²) in [6.07, 6.45) is 0. The van der Waals surface area contributed by atoms with Gasteiger partial charge < -0.3 is 20.2 Å². The molecule has 0 unspecified atom stereocenters. The predicted octanol–water partition coefficient (Wildman–Crippen LogP) is 2.84. The third-order valence-corrected chi connectivity index (χ3v) is 4.19. The van der Waals surface area contributed by atoms with E-state index in [1.807, 2.05) is 18.2 Å². The summed E-state index contributed by atoms with van der Waals surface area (Å²) in [5.41, 5.74) is -0.301. The van der Waals surface area contributed by atoms with Crippen LogP contribution in [0.5, 0.6) is 0 Å². The molecule has 3 rings (SSSR count). The van der Waals surface area contributed by atoms with Crippen molar-refractivity contribution in [3.05, 3.63) is 65.7 Å². The number of halogens is 1. The fourth-order valence-corrected chi connectivity index (χ4v) is 2.53. The van der Waals surface area contributed by atoms with Crippen LogP contribution in [0.4, 0.5) is 10.1 Å². The van der Waals surface area contributed by atoms with E-state index in [4.69, 9.17) is 4.42 Å². The molecule has 140 valence electrons. The Kier molecular flexibility index (Phi) is 4.96. The number of rotatable bonds is 4. The molecular formula is C20H19FN2O4. The van der Waals surface area contributed by atoms with Crippen molar-refractivity contribution in [2.24, 2.45) is 0 Å². The second kappa shape index (κ2) is 7.20. The molecule has 0 saturated carbocycles. The van der Waals surface area contributed by atoms with Gasteiger partial charge in [-0.15, -0.1) is 0 Å². The van der Waals surface area contributed by atoms with Gasteiger partial charge in [0.25, 0.3) is 0 Å². The first-order valence-electron chi connectivity index (χ1n) is 8.33. The van der Waals surface area contributed by atoms with Gasteiger partial charge in [-0.05, 0) is 43.7 Å². The number of hydrogen-bond acceptors (Lipinski definition) is 4. The zero-order valence-electron chi connectivity index (χ0n) is 14.9. The summed E-state index contributed by atoms with van der Waals surface area (Å²) in [6.45, 7) is 2.83. The summed E-state index contributed by atoms with van der Waals surface area (Å²) < 4.78 is 19.1. The van der Waals surface area contributed by atoms with Crippen molar-refractivity contribution in [2.75, 3.05) is 11.9 Å². The molecule has 2 aromatic carbocycles. The lowest BCUT2D eigenvalue weighted by Crippen LogP contribution is -2.43. The Morgan fingerprint density at radius 2 is 1.89 bits per heavy atom. The van der Waals surface area contributed by atoms with Gasteiger partial charge in [0.1, 0.15) is 22.8 Å². The van der Waals surface area contributed by atoms with Crippen LogP contribution in [0.3, 0.4) is 0 Å². The molecule has 0 saturated heterocycles. The number of aryl methyl sites for hydroxylation is 1. The molecule has 0 radical (unpaired) electrons. The highest BCUT2D eigenvalue weighted by Crippen LogP contribution is 2.27. The average molecular weight is 370 g/mol. The first-order valence-corrected chi connectivity index (χ1v) is 8.33. The maximum atomic E-state index is 13.5. The number of aliphatic hydroxyl groups is 1. The normalized spacial score (nSPS) is 13.2. The number of benzene rings is 2. The van der Waals surface area contributed by atoms with Gasteiger partial charge >= 0.3 is 11.8 Å². The van der Waals surface area contributed by atoms with E-state index in [1.54, 1.807) is 19.1 Å². The van der Waals surface area contributed by atoms with Gasteiger partial charge in [-0.25, -0.2) is 4.39 Å². The lowest BCUT2D eigenvalue weighted by Gasteiger charge is -2.20. The zero-order valence-corrected chi connectivity index (χ0v) is 14.9. The molecule has 0 aliphatic rings. The highest BCUT2D eigenvalue weighted by molar-refractivity contribution is 6.39. The molecule has 0 fully saturated rings. The lowest BCUT2D eigenvalue weighted by atomic mass is 10.0. The Balaban J connectivity index is 1.62. The van der Waals surface area contributed by atoms with Crippen molar-refractivity contribution in [1.82, 2.24) is 5.32 Å². The van der Waals surface area contributed by atoms with E-state index in [0.29, 0.717) is 11.1 Å². The van der Waals surface area contributed by atoms with Crippen molar-refractivity contribution in [3.63, 3.8) is 0 Å². The Bertz CT molecular complexity index is 977. The van der Waals surface area contributed by atoms with Gasteiger partial charge in [0.15, 0.2) is 0 Å². The quantitative estimate of drug-likeness (QED) is 0.616. The second-order valence-corrected chi connectivity index (χ2v) is 6.52. The molecule has 0 aliphatic heterocycles. The summed E-state index contributed by atoms with van der Waals surface area (Å²) in [5.74, 6) is -2.13. The first kappa shape index (κ1) is 18.6. The third-order valence-electron chi connectivity index (χ3n) is 4.19. The molecule has 3 aromatic rings. The number of para-hydroxylation sites is 1. The fourth-order valence-electron chi connectivity index (χ4n) is 2.53. The number of hydrogen-bond donors (Lipinski definition) is 3. The Hall–Kier alpha value is -3.19. The van der Waals surface area contributed by atoms with Gasteiger partial charge in [-0.1, -0.05) is 24.3 Å². The average Bonchev–Trinajstić information content (AvgIpc) is 3.08. The number of amides is 2. The standard InChI is InChI=1S/C20H19FN2O4/c1-12-7-8-14(10-15(12)21)23-19(25)18(24)22-11-20(2,26)17-9-13-5-3-4-6-16(13)27-17/h3-10,26H,11H2,1-2H3,(H,22,24)(H,23,25)/t20-/m0/s1. The van der Waals surface area contributed by atoms with Gasteiger partial charge in [0.05, 0.1) is 6.54 Å². The maximum absolute atomic E-state index is 13.5. The van der Waals surface area contributed by atoms with Crippen LogP contribution in [-0.2, 0) is 15.2 Å². The number of furan rings is 1. The smallest absolute Gasteiger partial charge is 0.313 e. The minimum absolute atomic E-state index is 0.169. The van der Waals surface area contributed by atoms with E-state index >= 15 is 0 Å². The Labute approximate surface area is 155 Å². The Morgan fingerprint density at radius 1 is 1.15 bits per heavy atom. The second-order valence-electron chi connectivity index (χ2n) is 6.52. The van der Waals surface area contributed by atoms with Crippen LogP contribution < -0.4 is 10.6 Å². The van der Waals surface area contributed by atoms with Crippen molar-refractivity contribution in [3.8, 4) is 0 Å². The lowest BCUT2D eigenvalue weighted by molar-refractivity contribution is -0.136. The van der Waals surface area contributed by atoms with Crippen molar-refractivity contribution >= 4 is 28.5 Å². The Morgan fingerprint density at radius 3 is 2.59 bits per heavy atom. The summed E-state index contributed by atoms with van der Waals surface area (Å²) in [7, 11) is 0. The molecule has 0 bridgehead atoms. The summed E-state index contributed by atoms with van der Waals surface area (Å²) in [6, 6.07) is 13.1. The first-order chi connectivity index (χ1) is 12.8. The van der Waals surface area contributed by atoms with E-state index in [0.717, 1.165) is 11.5 Å². The molecule has 27 heavy (non-hydrogen) atoms. The van der Waals surface area contributed by atoms with Crippen molar-refractivity contribution < 1.29 is 23.5 Å². The zero-order chi connectivity index (χ0) is 19.6. The SMILES string of the molecule is Cc1ccc(NC(=O)C(=O)NC[C@](C)(O)c2cc3ccccc3o2)cc1F. The summed E-state index contributed by atoms with van der Waals surface area (Å²) >= 11 is 0. The van der Waals surface area contributed by atoms with Gasteiger partial charge in [-0.2, -0.15) is 0 Å². The highest BCUT2D eigenvalue weighted by atomic mass is 19.1. The number of carbonyl (C=O) groups excluding carboxylic acids is 2. The van der Waals surface area contributed by atoms with E-state index in [1.165, 1.54) is 19.1 Å². The van der Waals surface area contributed by atoms with Crippen LogP contribution >= 0.6 is 0 Å².